The van der Waals surface area contributed by atoms with Gasteiger partial charge in [0.15, 0.2) is 5.65 Å². The van der Waals surface area contributed by atoms with Crippen LogP contribution in [0, 0.1) is 0 Å². The average molecular weight is 614 g/mol. The third kappa shape index (κ3) is 5.32. The van der Waals surface area contributed by atoms with Gasteiger partial charge in [0.05, 0.1) is 29.6 Å². The number of piperazine rings is 1. The predicted molar refractivity (Wildman–Crippen MR) is 182 cm³/mol. The fourth-order valence-electron chi connectivity index (χ4n) is 7.43. The van der Waals surface area contributed by atoms with Crippen molar-refractivity contribution in [3.63, 3.8) is 0 Å². The summed E-state index contributed by atoms with van der Waals surface area (Å²) in [5.74, 6) is 2.20. The smallest absolute Gasteiger partial charge is 0.164 e. The van der Waals surface area contributed by atoms with Crippen LogP contribution in [0.4, 0.5) is 11.5 Å². The van der Waals surface area contributed by atoms with E-state index in [4.69, 9.17) is 25.5 Å². The minimum Gasteiger partial charge on any atom is -0.496 e. The quantitative estimate of drug-likeness (QED) is 0.230. The molecule has 3 aromatic heterocycles. The van der Waals surface area contributed by atoms with Crippen LogP contribution in [0.25, 0.3) is 33.3 Å². The molecule has 2 aliphatic rings. The van der Waals surface area contributed by atoms with E-state index >= 15 is 0 Å². The molecule has 10 heteroatoms. The summed E-state index contributed by atoms with van der Waals surface area (Å²) in [6.07, 6.45) is 6.65. The summed E-state index contributed by atoms with van der Waals surface area (Å²) in [5, 5.41) is 6.01. The number of nitrogens with zero attached hydrogens (tertiary/aromatic N) is 7. The van der Waals surface area contributed by atoms with Crippen LogP contribution >= 0.6 is 0 Å². The van der Waals surface area contributed by atoms with E-state index in [1.54, 1.807) is 13.4 Å². The van der Waals surface area contributed by atoms with Crippen LogP contribution in [0.3, 0.4) is 0 Å². The third-order valence-electron chi connectivity index (χ3n) is 9.84. The van der Waals surface area contributed by atoms with Gasteiger partial charge in [0.2, 0.25) is 0 Å². The van der Waals surface area contributed by atoms with Gasteiger partial charge in [-0.1, -0.05) is 42.5 Å². The first-order valence-electron chi connectivity index (χ1n) is 16.3. The largest absolute Gasteiger partial charge is 0.496 e. The second kappa shape index (κ2) is 12.1. The van der Waals surface area contributed by atoms with Crippen LogP contribution in [0.2, 0.25) is 0 Å². The van der Waals surface area contributed by atoms with Gasteiger partial charge in [-0.15, -0.1) is 0 Å². The maximum absolute atomic E-state index is 6.49. The van der Waals surface area contributed by atoms with Crippen molar-refractivity contribution in [3.05, 3.63) is 90.5 Å². The fourth-order valence-corrected chi connectivity index (χ4v) is 7.43. The van der Waals surface area contributed by atoms with Crippen molar-refractivity contribution < 1.29 is 4.74 Å². The van der Waals surface area contributed by atoms with Crippen LogP contribution in [-0.4, -0.2) is 73.9 Å². The average Bonchev–Trinajstić information content (AvgIpc) is 3.71. The van der Waals surface area contributed by atoms with Crippen molar-refractivity contribution in [2.24, 2.45) is 0 Å². The van der Waals surface area contributed by atoms with E-state index in [0.717, 1.165) is 102 Å². The number of aromatic amines is 1. The number of ether oxygens (including phenoxy) is 1. The Bertz CT molecular complexity index is 1970. The molecule has 3 aromatic carbocycles. The monoisotopic (exact) mass is 613 g/mol. The van der Waals surface area contributed by atoms with E-state index < -0.39 is 0 Å². The molecular formula is C36H39N9O. The van der Waals surface area contributed by atoms with Crippen molar-refractivity contribution in [2.45, 2.75) is 44.2 Å². The van der Waals surface area contributed by atoms with Crippen LogP contribution in [0.5, 0.6) is 5.75 Å². The lowest BCUT2D eigenvalue weighted by molar-refractivity contribution is 0.129. The number of aromatic nitrogens is 6. The molecule has 8 rings (SSSR count). The normalized spacial score (nSPS) is 19.2. The van der Waals surface area contributed by atoms with Gasteiger partial charge < -0.3 is 20.4 Å². The molecule has 3 N–H and O–H groups in total. The van der Waals surface area contributed by atoms with Gasteiger partial charge in [0.1, 0.15) is 29.4 Å². The molecule has 0 bridgehead atoms. The Kier molecular flexibility index (Phi) is 7.49. The van der Waals surface area contributed by atoms with Gasteiger partial charge >= 0.3 is 0 Å². The highest BCUT2D eigenvalue weighted by Gasteiger charge is 2.31. The number of fused-ring (bicyclic) bond motifs is 2. The maximum atomic E-state index is 6.49. The van der Waals surface area contributed by atoms with E-state index in [2.05, 4.69) is 73.0 Å². The summed E-state index contributed by atoms with van der Waals surface area (Å²) in [6.45, 7) is 4.38. The SMILES string of the molecule is COc1ccccc1Cc1nc2ccc(-c3nn(C4CCC(N5CCN(c6ccccc6)CC5)CC4)c4ncnc(N)c34)cc2[nH]1. The molecule has 4 heterocycles. The molecule has 2 fully saturated rings. The number of H-pyrrole nitrogens is 1. The molecule has 0 radical (unpaired) electrons. The zero-order chi connectivity index (χ0) is 31.0. The molecule has 0 spiro atoms. The minimum absolute atomic E-state index is 0.274. The lowest BCUT2D eigenvalue weighted by atomic mass is 9.90. The van der Waals surface area contributed by atoms with Gasteiger partial charge in [0, 0.05) is 55.5 Å². The summed E-state index contributed by atoms with van der Waals surface area (Å²) in [4.78, 5) is 22.6. The Morgan fingerprint density at radius 1 is 0.870 bits per heavy atom. The number of nitrogens with two attached hydrogens (primary N) is 1. The molecule has 234 valence electrons. The van der Waals surface area contributed by atoms with Crippen molar-refractivity contribution in [2.75, 3.05) is 43.9 Å². The standard InChI is InChI=1S/C36H39N9O/c1-46-31-10-6-5-7-24(31)22-32-40-29-16-11-25(21-30(29)41-32)34-33-35(37)38-23-39-36(33)45(42-34)28-14-12-27(13-15-28)44-19-17-43(18-20-44)26-8-3-2-4-9-26/h2-11,16,21,23,27-28H,12-15,17-20,22H2,1H3,(H,40,41)(H2,37,38,39). The number of imidazole rings is 1. The molecule has 1 saturated heterocycles. The number of para-hydroxylation sites is 2. The number of methoxy groups -OCH3 is 1. The molecule has 10 nitrogen and oxygen atoms in total. The summed E-state index contributed by atoms with van der Waals surface area (Å²) in [6, 6.07) is 25.9. The first kappa shape index (κ1) is 28.5. The highest BCUT2D eigenvalue weighted by Crippen LogP contribution is 2.38. The Labute approximate surface area is 268 Å². The van der Waals surface area contributed by atoms with Gasteiger partial charge in [-0.2, -0.15) is 5.10 Å². The van der Waals surface area contributed by atoms with E-state index in [1.807, 2.05) is 24.3 Å². The van der Waals surface area contributed by atoms with E-state index in [9.17, 15) is 0 Å². The Morgan fingerprint density at radius 3 is 2.43 bits per heavy atom. The summed E-state index contributed by atoms with van der Waals surface area (Å²) < 4.78 is 7.67. The zero-order valence-electron chi connectivity index (χ0n) is 26.1. The first-order valence-corrected chi connectivity index (χ1v) is 16.3. The molecule has 0 unspecified atom stereocenters. The molecule has 0 amide bonds. The topological polar surface area (TPSA) is 114 Å². The number of hydrogen-bond donors (Lipinski definition) is 2. The molecule has 1 saturated carbocycles. The molecule has 6 aromatic rings. The maximum Gasteiger partial charge on any atom is 0.164 e. The van der Waals surface area contributed by atoms with Crippen LogP contribution in [0.1, 0.15) is 43.1 Å². The number of nitrogens with one attached hydrogen (secondary N) is 1. The third-order valence-corrected chi connectivity index (χ3v) is 9.84. The van der Waals surface area contributed by atoms with E-state index in [1.165, 1.54) is 5.69 Å². The highest BCUT2D eigenvalue weighted by atomic mass is 16.5. The minimum atomic E-state index is 0.274. The Balaban J connectivity index is 1.01. The van der Waals surface area contributed by atoms with E-state index in [-0.39, 0.29) is 6.04 Å². The molecule has 46 heavy (non-hydrogen) atoms. The lowest BCUT2D eigenvalue weighted by Gasteiger charge is -2.42. The first-order chi connectivity index (χ1) is 22.6. The zero-order valence-corrected chi connectivity index (χ0v) is 26.1. The van der Waals surface area contributed by atoms with E-state index in [0.29, 0.717) is 18.3 Å². The second-order valence-electron chi connectivity index (χ2n) is 12.5. The molecular weight excluding hydrogens is 574 g/mol. The molecule has 1 aliphatic heterocycles. The van der Waals surface area contributed by atoms with Crippen LogP contribution in [0.15, 0.2) is 79.1 Å². The van der Waals surface area contributed by atoms with Crippen LogP contribution in [-0.2, 0) is 6.42 Å². The number of rotatable bonds is 7. The Morgan fingerprint density at radius 2 is 1.63 bits per heavy atom. The number of benzene rings is 3. The highest BCUT2D eigenvalue weighted by molar-refractivity contribution is 5.99. The lowest BCUT2D eigenvalue weighted by Crippen LogP contribution is -2.51. The van der Waals surface area contributed by atoms with Crippen molar-refractivity contribution in [3.8, 4) is 17.0 Å². The predicted octanol–water partition coefficient (Wildman–Crippen LogP) is 5.86. The number of nitrogen functional groups attached to an aromatic ring is 1. The van der Waals surface area contributed by atoms with Gasteiger partial charge in [-0.3, -0.25) is 4.90 Å². The van der Waals surface area contributed by atoms with Gasteiger partial charge in [-0.05, 0) is 56.0 Å². The van der Waals surface area contributed by atoms with Gasteiger partial charge in [-0.25, -0.2) is 19.6 Å². The number of anilines is 2. The van der Waals surface area contributed by atoms with Crippen LogP contribution < -0.4 is 15.4 Å². The molecule has 0 atom stereocenters. The summed E-state index contributed by atoms with van der Waals surface area (Å²) >= 11 is 0. The fraction of sp³-hybridized carbons (Fsp3) is 0.333. The molecule has 1 aliphatic carbocycles. The Hall–Kier alpha value is -4.96. The van der Waals surface area contributed by atoms with Crippen molar-refractivity contribution in [1.29, 1.82) is 0 Å². The number of hydrogen-bond acceptors (Lipinski definition) is 8. The summed E-state index contributed by atoms with van der Waals surface area (Å²) in [7, 11) is 1.70. The van der Waals surface area contributed by atoms with Gasteiger partial charge in [0.25, 0.3) is 0 Å². The second-order valence-corrected chi connectivity index (χ2v) is 12.5. The van der Waals surface area contributed by atoms with Crippen molar-refractivity contribution >= 4 is 33.6 Å². The summed E-state index contributed by atoms with van der Waals surface area (Å²) in [5.41, 5.74) is 13.4. The van der Waals surface area contributed by atoms with Crippen molar-refractivity contribution in [1.82, 2.24) is 34.6 Å².